The summed E-state index contributed by atoms with van der Waals surface area (Å²) in [5.41, 5.74) is -1.41. The van der Waals surface area contributed by atoms with E-state index in [4.69, 9.17) is 9.47 Å². The van der Waals surface area contributed by atoms with E-state index in [2.05, 4.69) is 9.97 Å². The molecule has 3 rings (SSSR count). The van der Waals surface area contributed by atoms with E-state index in [9.17, 15) is 31.9 Å². The Bertz CT molecular complexity index is 1150. The third-order valence-corrected chi connectivity index (χ3v) is 5.44. The van der Waals surface area contributed by atoms with Gasteiger partial charge in [-0.15, -0.1) is 0 Å². The van der Waals surface area contributed by atoms with Crippen molar-refractivity contribution < 1.29 is 41.4 Å². The minimum absolute atomic E-state index is 0.0365. The normalized spacial score (nSPS) is 17.9. The first kappa shape index (κ1) is 27.8. The monoisotopic (exact) mass is 526 g/mol. The molecule has 2 aromatic rings. The number of alkyl halides is 4. The van der Waals surface area contributed by atoms with Gasteiger partial charge in [-0.05, 0) is 32.9 Å². The maximum atomic E-state index is 14.3. The van der Waals surface area contributed by atoms with Gasteiger partial charge in [-0.3, -0.25) is 19.7 Å². The second-order valence-corrected chi connectivity index (χ2v) is 9.37. The molecule has 0 bridgehead atoms. The Labute approximate surface area is 210 Å². The number of carbonyl (C=O) groups excluding carboxylic acids is 3. The number of hydrogen-bond acceptors (Lipinski definition) is 7. The molecule has 2 atom stereocenters. The first-order chi connectivity index (χ1) is 17.2. The highest BCUT2D eigenvalue weighted by atomic mass is 19.4. The summed E-state index contributed by atoms with van der Waals surface area (Å²) in [6.45, 7) is 4.52. The Morgan fingerprint density at radius 3 is 2.43 bits per heavy atom. The summed E-state index contributed by atoms with van der Waals surface area (Å²) in [5.74, 6) is -0.784. The van der Waals surface area contributed by atoms with Crippen molar-refractivity contribution in [3.63, 3.8) is 0 Å². The van der Waals surface area contributed by atoms with Gasteiger partial charge in [0.15, 0.2) is 0 Å². The zero-order chi connectivity index (χ0) is 27.5. The van der Waals surface area contributed by atoms with Crippen LogP contribution >= 0.6 is 0 Å². The van der Waals surface area contributed by atoms with E-state index in [-0.39, 0.29) is 41.9 Å². The molecule has 0 aliphatic carbocycles. The zero-order valence-electron chi connectivity index (χ0n) is 20.6. The Hall–Kier alpha value is -3.77. The summed E-state index contributed by atoms with van der Waals surface area (Å²) in [7, 11) is 1.14. The van der Waals surface area contributed by atoms with Gasteiger partial charge in [-0.25, -0.2) is 14.0 Å². The second kappa shape index (κ2) is 10.7. The Kier molecular flexibility index (Phi) is 8.03. The number of nitrogens with zero attached hydrogens (tertiary/aromatic N) is 4. The number of amides is 2. The average molecular weight is 526 g/mol. The van der Waals surface area contributed by atoms with Gasteiger partial charge in [-0.1, -0.05) is 6.07 Å². The van der Waals surface area contributed by atoms with Gasteiger partial charge in [0, 0.05) is 29.9 Å². The van der Waals surface area contributed by atoms with Gasteiger partial charge < -0.3 is 14.4 Å². The van der Waals surface area contributed by atoms with E-state index in [1.54, 1.807) is 20.8 Å². The molecule has 1 aliphatic rings. The van der Waals surface area contributed by atoms with E-state index in [0.717, 1.165) is 36.5 Å². The SMILES string of the molecule is COC(=O)c1cnc(CN(C=O)C2CC(F)CN2C(=O)OC(C)(C)C)cc1-c1ccc(C(F)(F)F)nc1. The number of aromatic nitrogens is 2. The number of carbonyl (C=O) groups is 3. The summed E-state index contributed by atoms with van der Waals surface area (Å²) >= 11 is 0. The fraction of sp³-hybridized carbons (Fsp3) is 0.458. The molecule has 13 heteroatoms. The van der Waals surface area contributed by atoms with Crippen LogP contribution in [-0.2, 0) is 27.0 Å². The van der Waals surface area contributed by atoms with Crippen LogP contribution in [0, 0.1) is 0 Å². The molecule has 2 aromatic heterocycles. The average Bonchev–Trinajstić information content (AvgIpc) is 3.22. The molecule has 0 N–H and O–H groups in total. The first-order valence-electron chi connectivity index (χ1n) is 11.2. The maximum Gasteiger partial charge on any atom is 0.433 e. The molecule has 0 radical (unpaired) electrons. The molecule has 9 nitrogen and oxygen atoms in total. The lowest BCUT2D eigenvalue weighted by molar-refractivity contribution is -0.141. The van der Waals surface area contributed by atoms with Crippen LogP contribution in [0.1, 0.15) is 48.9 Å². The van der Waals surface area contributed by atoms with Gasteiger partial charge in [0.1, 0.15) is 23.6 Å². The van der Waals surface area contributed by atoms with Crippen molar-refractivity contribution in [1.29, 1.82) is 0 Å². The van der Waals surface area contributed by atoms with Crippen molar-refractivity contribution in [2.45, 2.75) is 57.9 Å². The lowest BCUT2D eigenvalue weighted by Crippen LogP contribution is -2.48. The zero-order valence-corrected chi connectivity index (χ0v) is 20.6. The fourth-order valence-electron chi connectivity index (χ4n) is 3.81. The summed E-state index contributed by atoms with van der Waals surface area (Å²) in [5, 5.41) is 0. The van der Waals surface area contributed by atoms with Crippen LogP contribution in [0.25, 0.3) is 11.1 Å². The van der Waals surface area contributed by atoms with Gasteiger partial charge in [-0.2, -0.15) is 13.2 Å². The third-order valence-electron chi connectivity index (χ3n) is 5.44. The van der Waals surface area contributed by atoms with Crippen molar-refractivity contribution >= 4 is 18.5 Å². The minimum atomic E-state index is -4.65. The van der Waals surface area contributed by atoms with Crippen molar-refractivity contribution in [3.8, 4) is 11.1 Å². The van der Waals surface area contributed by atoms with Crippen LogP contribution in [0.5, 0.6) is 0 Å². The molecule has 0 saturated carbocycles. The Morgan fingerprint density at radius 1 is 1.19 bits per heavy atom. The van der Waals surface area contributed by atoms with Gasteiger partial charge >= 0.3 is 18.2 Å². The lowest BCUT2D eigenvalue weighted by Gasteiger charge is -2.33. The van der Waals surface area contributed by atoms with E-state index in [0.29, 0.717) is 6.41 Å². The molecule has 2 amide bonds. The van der Waals surface area contributed by atoms with Crippen LogP contribution in [0.15, 0.2) is 30.6 Å². The van der Waals surface area contributed by atoms with Crippen molar-refractivity contribution in [3.05, 3.63) is 47.5 Å². The Morgan fingerprint density at radius 2 is 1.89 bits per heavy atom. The van der Waals surface area contributed by atoms with Gasteiger partial charge in [0.25, 0.3) is 0 Å². The van der Waals surface area contributed by atoms with Crippen molar-refractivity contribution in [2.75, 3.05) is 13.7 Å². The highest BCUT2D eigenvalue weighted by molar-refractivity contribution is 5.96. The van der Waals surface area contributed by atoms with Gasteiger partial charge in [0.05, 0.1) is 31.5 Å². The molecule has 2 unspecified atom stereocenters. The first-order valence-corrected chi connectivity index (χ1v) is 11.2. The molecule has 1 saturated heterocycles. The fourth-order valence-corrected chi connectivity index (χ4v) is 3.81. The van der Waals surface area contributed by atoms with Crippen LogP contribution in [0.3, 0.4) is 0 Å². The van der Waals surface area contributed by atoms with Crippen LogP contribution in [-0.4, -0.2) is 69.8 Å². The predicted molar refractivity (Wildman–Crippen MR) is 122 cm³/mol. The number of halogens is 4. The van der Waals surface area contributed by atoms with Crippen LogP contribution in [0.2, 0.25) is 0 Å². The van der Waals surface area contributed by atoms with Crippen molar-refractivity contribution in [1.82, 2.24) is 19.8 Å². The number of ether oxygens (including phenoxy) is 2. The Balaban J connectivity index is 1.93. The molecule has 1 fully saturated rings. The topological polar surface area (TPSA) is 102 Å². The molecular weight excluding hydrogens is 500 g/mol. The second-order valence-electron chi connectivity index (χ2n) is 9.37. The number of pyridine rings is 2. The maximum absolute atomic E-state index is 14.3. The molecule has 200 valence electrons. The summed E-state index contributed by atoms with van der Waals surface area (Å²) in [4.78, 5) is 46.7. The third kappa shape index (κ3) is 6.71. The van der Waals surface area contributed by atoms with E-state index < -0.39 is 41.9 Å². The van der Waals surface area contributed by atoms with E-state index in [1.807, 2.05) is 0 Å². The lowest BCUT2D eigenvalue weighted by atomic mass is 10.0. The molecule has 37 heavy (non-hydrogen) atoms. The number of rotatable bonds is 6. The quantitative estimate of drug-likeness (QED) is 0.316. The predicted octanol–water partition coefficient (Wildman–Crippen LogP) is 4.21. The number of likely N-dealkylation sites (tertiary alicyclic amines) is 1. The molecule has 3 heterocycles. The van der Waals surface area contributed by atoms with Crippen LogP contribution in [0.4, 0.5) is 22.4 Å². The molecule has 0 spiro atoms. The summed E-state index contributed by atoms with van der Waals surface area (Å²) in [6, 6.07) is 3.31. The van der Waals surface area contributed by atoms with E-state index >= 15 is 0 Å². The molecule has 0 aromatic carbocycles. The number of methoxy groups -OCH3 is 1. The number of esters is 1. The standard InChI is InChI=1S/C24H26F4N4O5/c1-23(2,3)37-22(35)32-11-15(25)7-20(32)31(13-33)12-16-8-17(18(10-29-16)21(34)36-4)14-5-6-19(30-9-14)24(26,27)28/h5-6,8-10,13,15,20H,7,11-12H2,1-4H3. The largest absolute Gasteiger partial charge is 0.465 e. The van der Waals surface area contributed by atoms with Crippen LogP contribution < -0.4 is 0 Å². The number of hydrogen-bond donors (Lipinski definition) is 0. The highest BCUT2D eigenvalue weighted by Gasteiger charge is 2.41. The van der Waals surface area contributed by atoms with Crippen molar-refractivity contribution in [2.24, 2.45) is 0 Å². The summed E-state index contributed by atoms with van der Waals surface area (Å²) in [6.07, 6.45) is -5.36. The van der Waals surface area contributed by atoms with Gasteiger partial charge in [0.2, 0.25) is 6.41 Å². The smallest absolute Gasteiger partial charge is 0.433 e. The molecular formula is C24H26F4N4O5. The molecule has 1 aliphatic heterocycles. The minimum Gasteiger partial charge on any atom is -0.465 e. The highest BCUT2D eigenvalue weighted by Crippen LogP contribution is 2.31. The summed E-state index contributed by atoms with van der Waals surface area (Å²) < 4.78 is 63.2. The van der Waals surface area contributed by atoms with E-state index in [1.165, 1.54) is 11.0 Å².